The van der Waals surface area contributed by atoms with Crippen molar-refractivity contribution in [1.82, 2.24) is 4.90 Å². The van der Waals surface area contributed by atoms with E-state index >= 15 is 0 Å². The molecule has 10 heteroatoms. The number of carbonyl (C=O) groups excluding carboxylic acids is 3. The van der Waals surface area contributed by atoms with Crippen molar-refractivity contribution >= 4 is 40.7 Å². The Bertz CT molecular complexity index is 1240. The molecule has 1 amide bonds. The van der Waals surface area contributed by atoms with Crippen molar-refractivity contribution in [1.29, 1.82) is 0 Å². The van der Waals surface area contributed by atoms with Gasteiger partial charge in [0.1, 0.15) is 22.8 Å². The lowest BCUT2D eigenvalue weighted by Crippen LogP contribution is -2.64. The van der Waals surface area contributed by atoms with Gasteiger partial charge in [0.2, 0.25) is 5.78 Å². The number of aryl methyl sites for hydroxylation is 1. The predicted octanol–water partition coefficient (Wildman–Crippen LogP) is 0.878. The molecule has 6 N–H and O–H groups in total. The van der Waals surface area contributed by atoms with Crippen molar-refractivity contribution in [2.45, 2.75) is 25.0 Å². The number of fused-ring (bicyclic) bond motifs is 3. The van der Waals surface area contributed by atoms with Crippen LogP contribution in [-0.4, -0.2) is 68.5 Å². The second-order valence-electron chi connectivity index (χ2n) is 8.29. The van der Waals surface area contributed by atoms with Gasteiger partial charge in [0, 0.05) is 5.92 Å². The van der Waals surface area contributed by atoms with Crippen LogP contribution in [0.15, 0.2) is 29.5 Å². The van der Waals surface area contributed by atoms with Crippen molar-refractivity contribution in [3.05, 3.63) is 46.2 Å². The summed E-state index contributed by atoms with van der Waals surface area (Å²) in [6.45, 7) is 1.71. The molecular weight excluding hydrogens is 440 g/mol. The number of primary amides is 1. The third kappa shape index (κ3) is 2.75. The maximum atomic E-state index is 13.6. The minimum atomic E-state index is -2.65. The van der Waals surface area contributed by atoms with Crippen LogP contribution in [0.1, 0.15) is 21.5 Å². The average Bonchev–Trinajstić information content (AvgIpc) is 2.68. The van der Waals surface area contributed by atoms with Gasteiger partial charge in [-0.15, -0.1) is 12.4 Å². The van der Waals surface area contributed by atoms with Gasteiger partial charge < -0.3 is 26.2 Å². The Morgan fingerprint density at radius 3 is 2.38 bits per heavy atom. The molecule has 4 rings (SSSR count). The van der Waals surface area contributed by atoms with Crippen LogP contribution in [0.3, 0.4) is 0 Å². The monoisotopic (exact) mass is 462 g/mol. The van der Waals surface area contributed by atoms with Crippen LogP contribution in [-0.2, 0) is 16.0 Å². The first-order chi connectivity index (χ1) is 14.4. The third-order valence-corrected chi connectivity index (χ3v) is 6.51. The van der Waals surface area contributed by atoms with Gasteiger partial charge >= 0.3 is 0 Å². The number of halogens is 1. The lowest BCUT2D eigenvalue weighted by molar-refractivity contribution is -0.132. The van der Waals surface area contributed by atoms with Crippen molar-refractivity contribution in [3.63, 3.8) is 0 Å². The zero-order valence-corrected chi connectivity index (χ0v) is 18.4. The predicted molar refractivity (Wildman–Crippen MR) is 117 cm³/mol. The van der Waals surface area contributed by atoms with Crippen LogP contribution in [0.2, 0.25) is 0 Å². The normalized spacial score (nSPS) is 24.9. The molecule has 2 aliphatic carbocycles. The van der Waals surface area contributed by atoms with Crippen molar-refractivity contribution < 1.29 is 34.8 Å². The van der Waals surface area contributed by atoms with E-state index < -0.39 is 52.1 Å². The number of ketones is 2. The molecule has 0 aromatic heterocycles. The minimum absolute atomic E-state index is 0. The van der Waals surface area contributed by atoms with Gasteiger partial charge in [-0.25, -0.2) is 0 Å². The molecule has 1 unspecified atom stereocenters. The second kappa shape index (κ2) is 7.47. The number of hydrogen-bond donors (Lipinski definition) is 5. The largest absolute Gasteiger partial charge is 0.508 e. The van der Waals surface area contributed by atoms with E-state index in [1.54, 1.807) is 33.2 Å². The Morgan fingerprint density at radius 2 is 1.81 bits per heavy atom. The summed E-state index contributed by atoms with van der Waals surface area (Å²) in [6, 6.07) is 3.50. The van der Waals surface area contributed by atoms with Crippen LogP contribution in [0.25, 0.3) is 10.8 Å². The van der Waals surface area contributed by atoms with Gasteiger partial charge in [0.25, 0.3) is 5.91 Å². The van der Waals surface area contributed by atoms with E-state index in [1.165, 1.54) is 11.0 Å². The van der Waals surface area contributed by atoms with Crippen LogP contribution in [0.4, 0.5) is 0 Å². The number of nitrogens with zero attached hydrogens (tertiary/aromatic N) is 1. The SMILES string of the molecule is Cc1c2c(c(O)c3c(O)cccc13)C(=O)C1(O)C(O)=C(C(N)=O)C(=O)[C@H](N(C)C)[C@@H]1C2.Cl. The summed E-state index contributed by atoms with van der Waals surface area (Å²) in [7, 11) is 3.10. The number of nitrogens with two attached hydrogens (primary N) is 1. The number of phenols is 2. The number of aliphatic hydroxyl groups is 2. The molecule has 0 radical (unpaired) electrons. The molecule has 2 aromatic carbocycles. The Labute approximate surface area is 189 Å². The number of benzene rings is 2. The number of rotatable bonds is 2. The molecule has 2 aliphatic rings. The van der Waals surface area contributed by atoms with E-state index in [1.807, 2.05) is 0 Å². The standard InChI is InChI=1S/C22H22N2O7.ClH/c1-8-9-5-4-6-12(25)13(9)17(26)14-10(8)7-11-16(24(2)3)18(27)15(21(23)30)20(29)22(11,31)19(14)28;/h4-6,11,16,25-26,29,31H,7H2,1-3H3,(H2,23,30);1H/t11-,16+,22?;/m0./s1. The number of likely N-dealkylation sites (N-methyl/N-ethyl adjacent to an activating group) is 1. The molecule has 3 atom stereocenters. The van der Waals surface area contributed by atoms with Crippen molar-refractivity contribution in [3.8, 4) is 11.5 Å². The van der Waals surface area contributed by atoms with E-state index in [9.17, 15) is 34.8 Å². The zero-order valence-electron chi connectivity index (χ0n) is 17.5. The fraction of sp³-hybridized carbons (Fsp3) is 0.318. The van der Waals surface area contributed by atoms with Crippen LogP contribution in [0.5, 0.6) is 11.5 Å². The average molecular weight is 463 g/mol. The molecule has 0 bridgehead atoms. The van der Waals surface area contributed by atoms with Crippen LogP contribution < -0.4 is 5.73 Å². The zero-order chi connectivity index (χ0) is 23.0. The number of amides is 1. The Hall–Kier alpha value is -3.14. The van der Waals surface area contributed by atoms with Crippen molar-refractivity contribution in [2.75, 3.05) is 14.1 Å². The Morgan fingerprint density at radius 1 is 1.19 bits per heavy atom. The molecule has 0 saturated carbocycles. The summed E-state index contributed by atoms with van der Waals surface area (Å²) in [5.41, 5.74) is 2.50. The maximum Gasteiger partial charge on any atom is 0.255 e. The van der Waals surface area contributed by atoms with Crippen molar-refractivity contribution in [2.24, 2.45) is 11.7 Å². The lowest BCUT2D eigenvalue weighted by atomic mass is 9.61. The molecule has 0 spiro atoms. The number of Topliss-reactive ketones (excluding diaryl/α,β-unsaturated/α-hetero) is 2. The molecule has 2 aromatic rings. The van der Waals surface area contributed by atoms with Gasteiger partial charge in [-0.05, 0) is 50.0 Å². The second-order valence-corrected chi connectivity index (χ2v) is 8.29. The van der Waals surface area contributed by atoms with Crippen LogP contribution >= 0.6 is 12.4 Å². The molecule has 0 fully saturated rings. The van der Waals surface area contributed by atoms with E-state index in [0.717, 1.165) is 0 Å². The number of aliphatic hydroxyl groups excluding tert-OH is 1. The summed E-state index contributed by atoms with van der Waals surface area (Å²) >= 11 is 0. The quantitative estimate of drug-likeness (QED) is 0.411. The summed E-state index contributed by atoms with van der Waals surface area (Å²) in [5.74, 6) is -6.18. The van der Waals surface area contributed by atoms with Gasteiger partial charge in [-0.1, -0.05) is 12.1 Å². The summed E-state index contributed by atoms with van der Waals surface area (Å²) in [4.78, 5) is 39.9. The summed E-state index contributed by atoms with van der Waals surface area (Å²) in [6.07, 6.45) is -0.0484. The number of phenolic OH excluding ortho intramolecular Hbond substituents is 2. The number of hydrogen-bond acceptors (Lipinski definition) is 8. The highest BCUT2D eigenvalue weighted by atomic mass is 35.5. The van der Waals surface area contributed by atoms with Gasteiger partial charge in [0.05, 0.1) is 17.0 Å². The fourth-order valence-corrected chi connectivity index (χ4v) is 5.04. The highest BCUT2D eigenvalue weighted by Gasteiger charge is 2.62. The minimum Gasteiger partial charge on any atom is -0.508 e. The number of carbonyl (C=O) groups is 3. The Balaban J connectivity index is 0.00000289. The summed E-state index contributed by atoms with van der Waals surface area (Å²) < 4.78 is 0. The van der Waals surface area contributed by atoms with E-state index in [0.29, 0.717) is 16.5 Å². The lowest BCUT2D eigenvalue weighted by Gasteiger charge is -2.47. The molecule has 0 heterocycles. The van der Waals surface area contributed by atoms with E-state index in [4.69, 9.17) is 5.73 Å². The highest BCUT2D eigenvalue weighted by Crippen LogP contribution is 2.50. The molecular formula is C22H23ClN2O7. The first kappa shape index (κ1) is 23.5. The molecule has 170 valence electrons. The van der Waals surface area contributed by atoms with Gasteiger partial charge in [-0.2, -0.15) is 0 Å². The fourth-order valence-electron chi connectivity index (χ4n) is 5.04. The van der Waals surface area contributed by atoms with E-state index in [2.05, 4.69) is 0 Å². The molecule has 0 aliphatic heterocycles. The summed E-state index contributed by atoms with van der Waals surface area (Å²) in [5, 5.41) is 43.9. The number of aromatic hydroxyl groups is 2. The van der Waals surface area contributed by atoms with Crippen LogP contribution in [0, 0.1) is 12.8 Å². The van der Waals surface area contributed by atoms with Gasteiger partial charge in [0.15, 0.2) is 11.4 Å². The first-order valence-electron chi connectivity index (χ1n) is 9.61. The third-order valence-electron chi connectivity index (χ3n) is 6.51. The highest BCUT2D eigenvalue weighted by molar-refractivity contribution is 6.25. The molecule has 0 saturated heterocycles. The Kier molecular flexibility index (Phi) is 5.49. The maximum absolute atomic E-state index is 13.6. The van der Waals surface area contributed by atoms with Gasteiger partial charge in [-0.3, -0.25) is 19.3 Å². The smallest absolute Gasteiger partial charge is 0.255 e. The molecule has 9 nitrogen and oxygen atoms in total. The first-order valence-corrected chi connectivity index (χ1v) is 9.61. The topological polar surface area (TPSA) is 161 Å². The molecule has 32 heavy (non-hydrogen) atoms. The van der Waals surface area contributed by atoms with E-state index in [-0.39, 0.29) is 35.5 Å².